The van der Waals surface area contributed by atoms with Gasteiger partial charge in [0.15, 0.2) is 0 Å². The molecular weight excluding hydrogens is 298 g/mol. The molecule has 0 spiro atoms. The molecule has 110 valence electrons. The fraction of sp³-hybridized carbons (Fsp3) is 0.583. The number of amides is 1. The number of thiazole rings is 1. The monoisotopic (exact) mass is 315 g/mol. The van der Waals surface area contributed by atoms with Crippen molar-refractivity contribution in [2.45, 2.75) is 25.4 Å². The molecule has 1 aliphatic heterocycles. The summed E-state index contributed by atoms with van der Waals surface area (Å²) in [7, 11) is 0. The molecule has 2 heterocycles. The first-order valence-corrected chi connectivity index (χ1v) is 8.34. The Bertz CT molecular complexity index is 504. The van der Waals surface area contributed by atoms with Crippen LogP contribution < -0.4 is 5.73 Å². The van der Waals surface area contributed by atoms with E-state index in [2.05, 4.69) is 4.98 Å². The fourth-order valence-corrected chi connectivity index (χ4v) is 3.85. The average Bonchev–Trinajstić information content (AvgIpc) is 2.87. The standard InChI is InChI=1S/C12H17N3O3S2/c1-7(13)11-14-9(6-20-11)12(18)15-2-3-19-5-8(15)4-10(16)17/h6-8H,2-5,13H2,1H3,(H,16,17). The molecule has 1 amide bonds. The highest BCUT2D eigenvalue weighted by molar-refractivity contribution is 7.99. The van der Waals surface area contributed by atoms with Crippen LogP contribution in [0.3, 0.4) is 0 Å². The van der Waals surface area contributed by atoms with E-state index in [1.165, 1.54) is 11.3 Å². The molecule has 1 fully saturated rings. The van der Waals surface area contributed by atoms with Crippen LogP contribution in [0.4, 0.5) is 0 Å². The summed E-state index contributed by atoms with van der Waals surface area (Å²) in [5.41, 5.74) is 6.11. The number of nitrogens with two attached hydrogens (primary N) is 1. The van der Waals surface area contributed by atoms with Crippen molar-refractivity contribution < 1.29 is 14.7 Å². The summed E-state index contributed by atoms with van der Waals surface area (Å²) < 4.78 is 0. The first-order chi connectivity index (χ1) is 9.49. The van der Waals surface area contributed by atoms with E-state index in [9.17, 15) is 9.59 Å². The minimum Gasteiger partial charge on any atom is -0.481 e. The van der Waals surface area contributed by atoms with Crippen molar-refractivity contribution in [2.24, 2.45) is 5.73 Å². The number of nitrogens with zero attached hydrogens (tertiary/aromatic N) is 2. The van der Waals surface area contributed by atoms with Gasteiger partial charge in [-0.1, -0.05) is 0 Å². The molecule has 2 atom stereocenters. The summed E-state index contributed by atoms with van der Waals surface area (Å²) in [6, 6.07) is -0.465. The summed E-state index contributed by atoms with van der Waals surface area (Å²) in [6.45, 7) is 2.38. The number of carbonyl (C=O) groups excluding carboxylic acids is 1. The highest BCUT2D eigenvalue weighted by atomic mass is 32.2. The van der Waals surface area contributed by atoms with Crippen LogP contribution in [0.15, 0.2) is 5.38 Å². The maximum absolute atomic E-state index is 12.5. The molecule has 2 unspecified atom stereocenters. The van der Waals surface area contributed by atoms with E-state index in [0.717, 1.165) is 10.8 Å². The lowest BCUT2D eigenvalue weighted by molar-refractivity contribution is -0.138. The lowest BCUT2D eigenvalue weighted by atomic mass is 10.2. The Kier molecular flexibility index (Phi) is 5.00. The molecule has 0 radical (unpaired) electrons. The van der Waals surface area contributed by atoms with Gasteiger partial charge in [0, 0.05) is 23.4 Å². The summed E-state index contributed by atoms with van der Waals surface area (Å²) in [6.07, 6.45) is -0.0248. The second-order valence-electron chi connectivity index (χ2n) is 4.68. The lowest BCUT2D eigenvalue weighted by Gasteiger charge is -2.34. The molecule has 2 rings (SSSR count). The van der Waals surface area contributed by atoms with E-state index < -0.39 is 5.97 Å². The Labute approximate surface area is 125 Å². The third-order valence-corrected chi connectivity index (χ3v) is 5.17. The summed E-state index contributed by atoms with van der Waals surface area (Å²) in [5, 5.41) is 11.3. The molecule has 1 aromatic heterocycles. The van der Waals surface area contributed by atoms with Crippen molar-refractivity contribution in [3.8, 4) is 0 Å². The third-order valence-electron chi connectivity index (χ3n) is 3.03. The van der Waals surface area contributed by atoms with Gasteiger partial charge in [-0.2, -0.15) is 11.8 Å². The predicted molar refractivity (Wildman–Crippen MR) is 79.1 cm³/mol. The Morgan fingerprint density at radius 2 is 2.40 bits per heavy atom. The quantitative estimate of drug-likeness (QED) is 0.866. The van der Waals surface area contributed by atoms with Gasteiger partial charge in [-0.3, -0.25) is 9.59 Å². The van der Waals surface area contributed by atoms with Crippen LogP contribution in [0.1, 0.15) is 34.9 Å². The molecule has 0 saturated carbocycles. The summed E-state index contributed by atoms with van der Waals surface area (Å²) in [5.74, 6) is 0.402. The van der Waals surface area contributed by atoms with Gasteiger partial charge >= 0.3 is 5.97 Å². The number of rotatable bonds is 4. The van der Waals surface area contributed by atoms with Crippen LogP contribution >= 0.6 is 23.1 Å². The van der Waals surface area contributed by atoms with E-state index in [4.69, 9.17) is 10.8 Å². The van der Waals surface area contributed by atoms with Crippen LogP contribution in [-0.2, 0) is 4.79 Å². The Balaban J connectivity index is 2.13. The molecule has 1 saturated heterocycles. The van der Waals surface area contributed by atoms with Gasteiger partial charge in [0.1, 0.15) is 10.7 Å². The van der Waals surface area contributed by atoms with E-state index in [-0.39, 0.29) is 24.4 Å². The van der Waals surface area contributed by atoms with E-state index in [1.807, 2.05) is 6.92 Å². The van der Waals surface area contributed by atoms with Crippen LogP contribution in [0.5, 0.6) is 0 Å². The molecular formula is C12H17N3O3S2. The smallest absolute Gasteiger partial charge is 0.305 e. The number of carbonyl (C=O) groups is 2. The van der Waals surface area contributed by atoms with Crippen molar-refractivity contribution in [3.05, 3.63) is 16.1 Å². The second kappa shape index (κ2) is 6.55. The van der Waals surface area contributed by atoms with Gasteiger partial charge in [-0.25, -0.2) is 4.98 Å². The molecule has 0 aromatic carbocycles. The largest absolute Gasteiger partial charge is 0.481 e. The van der Waals surface area contributed by atoms with E-state index in [1.54, 1.807) is 22.0 Å². The Morgan fingerprint density at radius 3 is 3.00 bits per heavy atom. The second-order valence-corrected chi connectivity index (χ2v) is 6.72. The van der Waals surface area contributed by atoms with Crippen molar-refractivity contribution in [1.29, 1.82) is 0 Å². The first kappa shape index (κ1) is 15.3. The van der Waals surface area contributed by atoms with Crippen LogP contribution in [-0.4, -0.2) is 51.0 Å². The zero-order chi connectivity index (χ0) is 14.7. The normalized spacial score (nSPS) is 20.7. The van der Waals surface area contributed by atoms with E-state index >= 15 is 0 Å². The van der Waals surface area contributed by atoms with Gasteiger partial charge in [0.2, 0.25) is 0 Å². The molecule has 0 bridgehead atoms. The lowest BCUT2D eigenvalue weighted by Crippen LogP contribution is -2.47. The molecule has 1 aromatic rings. The minimum absolute atomic E-state index is 0.0248. The number of thioether (sulfide) groups is 1. The summed E-state index contributed by atoms with van der Waals surface area (Å²) in [4.78, 5) is 29.2. The van der Waals surface area contributed by atoms with Crippen LogP contribution in [0.2, 0.25) is 0 Å². The molecule has 1 aliphatic rings. The number of hydrogen-bond acceptors (Lipinski definition) is 6. The Hall–Kier alpha value is -1.12. The number of carboxylic acid groups (broad SMARTS) is 1. The van der Waals surface area contributed by atoms with Crippen LogP contribution in [0.25, 0.3) is 0 Å². The average molecular weight is 315 g/mol. The zero-order valence-electron chi connectivity index (χ0n) is 11.1. The van der Waals surface area contributed by atoms with Crippen molar-refractivity contribution in [1.82, 2.24) is 9.88 Å². The maximum atomic E-state index is 12.5. The number of carboxylic acids is 1. The van der Waals surface area contributed by atoms with Gasteiger partial charge in [-0.15, -0.1) is 11.3 Å². The van der Waals surface area contributed by atoms with Gasteiger partial charge in [0.05, 0.1) is 18.5 Å². The molecule has 6 nitrogen and oxygen atoms in total. The van der Waals surface area contributed by atoms with Crippen molar-refractivity contribution in [3.63, 3.8) is 0 Å². The van der Waals surface area contributed by atoms with Gasteiger partial charge in [0.25, 0.3) is 5.91 Å². The number of hydrogen-bond donors (Lipinski definition) is 2. The van der Waals surface area contributed by atoms with E-state index in [0.29, 0.717) is 18.0 Å². The number of aliphatic carboxylic acids is 1. The topological polar surface area (TPSA) is 96.5 Å². The maximum Gasteiger partial charge on any atom is 0.305 e. The predicted octanol–water partition coefficient (Wildman–Crippen LogP) is 1.20. The molecule has 3 N–H and O–H groups in total. The highest BCUT2D eigenvalue weighted by Crippen LogP contribution is 2.23. The molecule has 8 heteroatoms. The Morgan fingerprint density at radius 1 is 1.65 bits per heavy atom. The fourth-order valence-electron chi connectivity index (χ4n) is 2.03. The first-order valence-electron chi connectivity index (χ1n) is 6.30. The van der Waals surface area contributed by atoms with Gasteiger partial charge in [-0.05, 0) is 6.92 Å². The highest BCUT2D eigenvalue weighted by Gasteiger charge is 2.30. The van der Waals surface area contributed by atoms with Crippen molar-refractivity contribution >= 4 is 35.0 Å². The minimum atomic E-state index is -0.884. The summed E-state index contributed by atoms with van der Waals surface area (Å²) >= 11 is 3.04. The number of aromatic nitrogens is 1. The molecule has 0 aliphatic carbocycles. The SMILES string of the molecule is CC(N)c1nc(C(=O)N2CCSCC2CC(=O)O)cs1. The van der Waals surface area contributed by atoms with Crippen molar-refractivity contribution in [2.75, 3.05) is 18.1 Å². The van der Waals surface area contributed by atoms with Gasteiger partial charge < -0.3 is 15.7 Å². The third kappa shape index (κ3) is 3.50. The molecule has 20 heavy (non-hydrogen) atoms. The zero-order valence-corrected chi connectivity index (χ0v) is 12.7. The van der Waals surface area contributed by atoms with Crippen LogP contribution in [0, 0.1) is 0 Å².